The highest BCUT2D eigenvalue weighted by Crippen LogP contribution is 2.65. The monoisotopic (exact) mass is 432 g/mol. The average molecular weight is 433 g/mol. The van der Waals surface area contributed by atoms with Gasteiger partial charge in [-0.15, -0.1) is 0 Å². The van der Waals surface area contributed by atoms with Gasteiger partial charge in [0, 0.05) is 30.4 Å². The van der Waals surface area contributed by atoms with Crippen molar-refractivity contribution in [2.75, 3.05) is 19.7 Å². The zero-order valence-corrected chi connectivity index (χ0v) is 18.2. The summed E-state index contributed by atoms with van der Waals surface area (Å²) in [4.78, 5) is 14.7. The molecule has 0 bridgehead atoms. The smallest absolute Gasteiger partial charge is 0.251 e. The minimum Gasteiger partial charge on any atom is -0.368 e. The summed E-state index contributed by atoms with van der Waals surface area (Å²) in [7, 11) is 0. The topological polar surface area (TPSA) is 106 Å². The fraction of sp³-hybridized carbons (Fsp3) is 0.440. The number of carbonyl (C=O) groups is 1. The number of piperidine rings is 1. The van der Waals surface area contributed by atoms with Gasteiger partial charge in [-0.05, 0) is 60.1 Å². The van der Waals surface area contributed by atoms with E-state index in [9.17, 15) is 4.79 Å². The van der Waals surface area contributed by atoms with Crippen molar-refractivity contribution in [3.63, 3.8) is 0 Å². The second kappa shape index (κ2) is 8.47. The number of ether oxygens (including phenoxy) is 1. The Labute approximate surface area is 188 Å². The number of hydrazone groups is 1. The molecule has 4 N–H and O–H groups in total. The highest BCUT2D eigenvalue weighted by molar-refractivity contribution is 5.98. The number of benzene rings is 2. The molecule has 0 radical (unpaired) electrons. The normalized spacial score (nSPS) is 24.5. The Bertz CT molecular complexity index is 1020. The molecule has 3 fully saturated rings. The Hall–Kier alpha value is -3.06. The van der Waals surface area contributed by atoms with Crippen LogP contribution in [0.5, 0.6) is 0 Å². The lowest BCUT2D eigenvalue weighted by Gasteiger charge is -2.34. The molecule has 2 atom stereocenters. The fourth-order valence-corrected chi connectivity index (χ4v) is 5.42. The van der Waals surface area contributed by atoms with Crippen LogP contribution in [0.3, 0.4) is 0 Å². The Morgan fingerprint density at radius 3 is 2.28 bits per heavy atom. The van der Waals surface area contributed by atoms with E-state index >= 15 is 0 Å². The number of hydrogen-bond donors (Lipinski definition) is 2. The molecule has 0 unspecified atom stereocenters. The lowest BCUT2D eigenvalue weighted by molar-refractivity contribution is -0.206. The predicted molar refractivity (Wildman–Crippen MR) is 122 cm³/mol. The zero-order valence-electron chi connectivity index (χ0n) is 18.2. The number of nitrogens with zero attached hydrogens (tertiary/aromatic N) is 3. The van der Waals surface area contributed by atoms with Crippen molar-refractivity contribution in [1.29, 1.82) is 0 Å². The lowest BCUT2D eigenvalue weighted by atomic mass is 9.88. The van der Waals surface area contributed by atoms with Crippen LogP contribution in [0.15, 0.2) is 58.7 Å². The van der Waals surface area contributed by atoms with Crippen LogP contribution in [0, 0.1) is 5.41 Å². The summed E-state index contributed by atoms with van der Waals surface area (Å²) in [6.07, 6.45) is 5.10. The first-order valence-corrected chi connectivity index (χ1v) is 11.4. The number of likely N-dealkylation sites (tertiary alicyclic amines) is 1. The Kier molecular flexibility index (Phi) is 5.51. The SMILES string of the molecule is N/N=C(\N=[NH2+])c1ccc(-c2ccc([C@H]3CC34CCN(C(=O)[C@H]3CCCO3)CC4)cc2)cc1. The maximum Gasteiger partial charge on any atom is 0.251 e. The molecule has 166 valence electrons. The summed E-state index contributed by atoms with van der Waals surface area (Å²) >= 11 is 0. The quantitative estimate of drug-likeness (QED) is 0.255. The zero-order chi connectivity index (χ0) is 22.1. The minimum atomic E-state index is -0.195. The van der Waals surface area contributed by atoms with Gasteiger partial charge in [0.2, 0.25) is 5.84 Å². The molecule has 3 aliphatic rings. The molecule has 0 aromatic heterocycles. The molecule has 2 aliphatic heterocycles. The molecule has 2 saturated heterocycles. The van der Waals surface area contributed by atoms with Crippen molar-refractivity contribution in [3.05, 3.63) is 59.7 Å². The molecule has 1 amide bonds. The third kappa shape index (κ3) is 3.81. The van der Waals surface area contributed by atoms with E-state index in [1.807, 2.05) is 29.2 Å². The van der Waals surface area contributed by atoms with Gasteiger partial charge in [-0.3, -0.25) is 4.79 Å². The summed E-state index contributed by atoms with van der Waals surface area (Å²) in [6.45, 7) is 2.45. The molecule has 2 aromatic rings. The molecule has 7 heteroatoms. The van der Waals surface area contributed by atoms with Crippen LogP contribution in [-0.2, 0) is 9.53 Å². The molecule has 1 aliphatic carbocycles. The van der Waals surface area contributed by atoms with Crippen LogP contribution < -0.4 is 11.4 Å². The van der Waals surface area contributed by atoms with Gasteiger partial charge < -0.3 is 15.5 Å². The molecular formula is C25H30N5O2+. The molecule has 32 heavy (non-hydrogen) atoms. The second-order valence-electron chi connectivity index (χ2n) is 9.23. The molecule has 1 saturated carbocycles. The number of carbonyl (C=O) groups excluding carboxylic acids is 1. The van der Waals surface area contributed by atoms with Crippen molar-refractivity contribution >= 4 is 11.7 Å². The summed E-state index contributed by atoms with van der Waals surface area (Å²) in [5, 5.41) is 7.18. The van der Waals surface area contributed by atoms with Crippen molar-refractivity contribution in [2.24, 2.45) is 21.5 Å². The molecule has 1 spiro atoms. The molecule has 2 aromatic carbocycles. The van der Waals surface area contributed by atoms with Crippen LogP contribution >= 0.6 is 0 Å². The van der Waals surface area contributed by atoms with E-state index in [0.29, 0.717) is 17.2 Å². The van der Waals surface area contributed by atoms with Crippen LogP contribution in [0.25, 0.3) is 11.1 Å². The van der Waals surface area contributed by atoms with Gasteiger partial charge in [-0.25, -0.2) is 0 Å². The molecule has 2 heterocycles. The first-order valence-electron chi connectivity index (χ1n) is 11.4. The third-order valence-corrected chi connectivity index (χ3v) is 7.50. The van der Waals surface area contributed by atoms with Crippen LogP contribution in [-0.4, -0.2) is 42.4 Å². The van der Waals surface area contributed by atoms with E-state index in [1.54, 1.807) is 0 Å². The molecule has 7 nitrogen and oxygen atoms in total. The van der Waals surface area contributed by atoms with Crippen molar-refractivity contribution in [3.8, 4) is 11.1 Å². The first kappa shape index (κ1) is 20.8. The van der Waals surface area contributed by atoms with Crippen LogP contribution in [0.1, 0.15) is 49.1 Å². The minimum absolute atomic E-state index is 0.195. The van der Waals surface area contributed by atoms with Gasteiger partial charge in [0.1, 0.15) is 6.10 Å². The number of amidine groups is 1. The van der Waals surface area contributed by atoms with E-state index in [2.05, 4.69) is 34.5 Å². The summed E-state index contributed by atoms with van der Waals surface area (Å²) in [5.74, 6) is 6.45. The van der Waals surface area contributed by atoms with E-state index in [4.69, 9.17) is 16.1 Å². The number of nitrogens with two attached hydrogens (primary N) is 2. The number of hydrogen-bond acceptors (Lipinski definition) is 4. The number of rotatable bonds is 4. The highest BCUT2D eigenvalue weighted by Gasteiger charge is 2.55. The van der Waals surface area contributed by atoms with Gasteiger partial charge in [0.05, 0.1) is 0 Å². The van der Waals surface area contributed by atoms with Crippen LogP contribution in [0.2, 0.25) is 0 Å². The lowest BCUT2D eigenvalue weighted by Crippen LogP contribution is -2.44. The van der Waals surface area contributed by atoms with Crippen molar-refractivity contribution in [1.82, 2.24) is 4.90 Å². The third-order valence-electron chi connectivity index (χ3n) is 7.50. The Morgan fingerprint density at radius 2 is 1.72 bits per heavy atom. The van der Waals surface area contributed by atoms with Crippen molar-refractivity contribution in [2.45, 2.75) is 44.1 Å². The highest BCUT2D eigenvalue weighted by atomic mass is 16.5. The largest absolute Gasteiger partial charge is 0.368 e. The predicted octanol–water partition coefficient (Wildman–Crippen LogP) is 2.46. The summed E-state index contributed by atoms with van der Waals surface area (Å²) in [6, 6.07) is 16.8. The average Bonchev–Trinajstić information content (AvgIpc) is 3.26. The Balaban J connectivity index is 1.20. The molecular weight excluding hydrogens is 402 g/mol. The number of amides is 1. The van der Waals surface area contributed by atoms with Crippen molar-refractivity contribution < 1.29 is 15.1 Å². The fourth-order valence-electron chi connectivity index (χ4n) is 5.42. The van der Waals surface area contributed by atoms with Gasteiger partial charge in [-0.2, -0.15) is 10.6 Å². The summed E-state index contributed by atoms with van der Waals surface area (Å²) < 4.78 is 5.59. The van der Waals surface area contributed by atoms with Gasteiger partial charge >= 0.3 is 0 Å². The van der Waals surface area contributed by atoms with Gasteiger partial charge in [-0.1, -0.05) is 48.5 Å². The second-order valence-corrected chi connectivity index (χ2v) is 9.23. The standard InChI is InChI=1S/C25H29N5O2/c26-28-23(29-27)20-9-5-18(6-10-20)17-3-7-19(8-4-17)21-16-25(21)11-13-30(14-12-25)24(31)22-2-1-15-32-22/h3-10,21-22,26H,1-2,11-16,27H2/p+1/b28-26?,29-23-/t21-,22-/m1/s1. The maximum absolute atomic E-state index is 12.6. The van der Waals surface area contributed by atoms with Gasteiger partial charge in [0.25, 0.3) is 5.91 Å². The maximum atomic E-state index is 12.6. The van der Waals surface area contributed by atoms with Crippen LogP contribution in [0.4, 0.5) is 0 Å². The van der Waals surface area contributed by atoms with E-state index in [1.165, 1.54) is 17.5 Å². The first-order chi connectivity index (χ1) is 15.6. The summed E-state index contributed by atoms with van der Waals surface area (Å²) in [5.41, 5.74) is 10.2. The van der Waals surface area contributed by atoms with E-state index < -0.39 is 0 Å². The van der Waals surface area contributed by atoms with E-state index in [-0.39, 0.29) is 12.0 Å². The molecule has 5 rings (SSSR count). The Morgan fingerprint density at radius 1 is 1.06 bits per heavy atom. The van der Waals surface area contributed by atoms with Gasteiger partial charge in [0.15, 0.2) is 0 Å². The van der Waals surface area contributed by atoms with E-state index in [0.717, 1.165) is 56.5 Å².